The third-order valence-electron chi connectivity index (χ3n) is 4.05. The second-order valence-electron chi connectivity index (χ2n) is 5.81. The number of thiophene rings is 2. The van der Waals surface area contributed by atoms with Crippen LogP contribution in [0.4, 0.5) is 11.4 Å². The van der Waals surface area contributed by atoms with Gasteiger partial charge in [0.25, 0.3) is 0 Å². The van der Waals surface area contributed by atoms with Crippen LogP contribution in [-0.4, -0.2) is 0 Å². The number of hydrogen-bond donors (Lipinski definition) is 2. The van der Waals surface area contributed by atoms with Crippen molar-refractivity contribution in [3.05, 3.63) is 69.3 Å². The first-order valence-electron chi connectivity index (χ1n) is 7.96. The molecule has 0 unspecified atom stereocenters. The normalized spacial score (nSPS) is 11.0. The molecule has 0 aliphatic rings. The van der Waals surface area contributed by atoms with Crippen molar-refractivity contribution in [2.75, 3.05) is 11.5 Å². The summed E-state index contributed by atoms with van der Waals surface area (Å²) in [5, 5.41) is 5.43. The minimum Gasteiger partial charge on any atom is -0.398 e. The van der Waals surface area contributed by atoms with Gasteiger partial charge < -0.3 is 11.5 Å². The number of halogens is 2. The monoisotopic (exact) mass is 448 g/mol. The zero-order valence-electron chi connectivity index (χ0n) is 13.9. The molecule has 0 spiro atoms. The molecule has 4 rings (SSSR count). The highest BCUT2D eigenvalue weighted by Crippen LogP contribution is 2.47. The summed E-state index contributed by atoms with van der Waals surface area (Å²) in [7, 11) is 0. The van der Waals surface area contributed by atoms with Gasteiger partial charge in [-0.15, -0.1) is 22.7 Å². The number of nitrogen functional groups attached to an aromatic ring is 2. The predicted molar refractivity (Wildman–Crippen MR) is 122 cm³/mol. The maximum Gasteiger partial charge on any atom is 0.0733 e. The zero-order valence-corrected chi connectivity index (χ0v) is 17.9. The first-order valence-corrected chi connectivity index (χ1v) is 11.3. The molecule has 2 heterocycles. The lowest BCUT2D eigenvalue weighted by Crippen LogP contribution is -1.90. The van der Waals surface area contributed by atoms with Crippen LogP contribution in [0.2, 0.25) is 10.0 Å². The largest absolute Gasteiger partial charge is 0.398 e. The van der Waals surface area contributed by atoms with Crippen molar-refractivity contribution in [3.8, 4) is 22.3 Å². The minimum absolute atomic E-state index is 0.638. The fourth-order valence-corrected chi connectivity index (χ4v) is 6.54. The summed E-state index contributed by atoms with van der Waals surface area (Å²) in [6.07, 6.45) is 0. The van der Waals surface area contributed by atoms with Crippen LogP contribution in [0.1, 0.15) is 0 Å². The van der Waals surface area contributed by atoms with Crippen LogP contribution in [-0.2, 0) is 0 Å². The molecule has 2 aromatic heterocycles. The van der Waals surface area contributed by atoms with E-state index >= 15 is 0 Å². The van der Waals surface area contributed by atoms with Crippen LogP contribution < -0.4 is 11.5 Å². The molecule has 0 saturated heterocycles. The maximum absolute atomic E-state index is 6.19. The van der Waals surface area contributed by atoms with E-state index in [-0.39, 0.29) is 0 Å². The molecule has 0 amide bonds. The van der Waals surface area contributed by atoms with Crippen molar-refractivity contribution in [2.45, 2.75) is 8.42 Å². The smallest absolute Gasteiger partial charge is 0.0733 e. The van der Waals surface area contributed by atoms with Crippen molar-refractivity contribution in [3.63, 3.8) is 0 Å². The molecule has 0 saturated carbocycles. The van der Waals surface area contributed by atoms with E-state index in [4.69, 9.17) is 34.7 Å². The van der Waals surface area contributed by atoms with Crippen molar-refractivity contribution < 1.29 is 0 Å². The Bertz CT molecular complexity index is 1030. The van der Waals surface area contributed by atoms with E-state index in [1.807, 2.05) is 24.3 Å². The first-order chi connectivity index (χ1) is 13.0. The molecule has 0 fully saturated rings. The van der Waals surface area contributed by atoms with E-state index in [1.54, 1.807) is 46.6 Å². The Morgan fingerprint density at radius 2 is 1.07 bits per heavy atom. The van der Waals surface area contributed by atoms with Gasteiger partial charge in [-0.3, -0.25) is 0 Å². The second-order valence-corrected chi connectivity index (χ2v) is 10.1. The Morgan fingerprint density at radius 3 is 1.48 bits per heavy atom. The lowest BCUT2D eigenvalue weighted by Gasteiger charge is -2.09. The Hall–Kier alpha value is -1.63. The molecule has 0 bridgehead atoms. The van der Waals surface area contributed by atoms with Crippen LogP contribution in [0, 0.1) is 0 Å². The lowest BCUT2D eigenvalue weighted by molar-refractivity contribution is 1.57. The molecule has 0 radical (unpaired) electrons. The van der Waals surface area contributed by atoms with E-state index in [0.29, 0.717) is 21.4 Å². The van der Waals surface area contributed by atoms with Crippen LogP contribution in [0.15, 0.2) is 67.7 Å². The van der Waals surface area contributed by atoms with Crippen molar-refractivity contribution in [1.82, 2.24) is 0 Å². The molecule has 136 valence electrons. The third-order valence-corrected chi connectivity index (χ3v) is 7.82. The molecule has 27 heavy (non-hydrogen) atoms. The summed E-state index contributed by atoms with van der Waals surface area (Å²) in [5.74, 6) is 0. The van der Waals surface area contributed by atoms with Gasteiger partial charge in [-0.05, 0) is 47.2 Å². The summed E-state index contributed by atoms with van der Waals surface area (Å²) in [4.78, 5) is 0. The van der Waals surface area contributed by atoms with Gasteiger partial charge in [-0.1, -0.05) is 47.1 Å². The van der Waals surface area contributed by atoms with Gasteiger partial charge >= 0.3 is 0 Å². The minimum atomic E-state index is 0.638. The quantitative estimate of drug-likeness (QED) is 0.313. The van der Waals surface area contributed by atoms with Crippen LogP contribution in [0.3, 0.4) is 0 Å². The predicted octanol–water partition coefficient (Wildman–Crippen LogP) is 7.77. The number of rotatable bonds is 4. The van der Waals surface area contributed by atoms with Gasteiger partial charge in [-0.2, -0.15) is 0 Å². The molecule has 0 aliphatic carbocycles. The van der Waals surface area contributed by atoms with Crippen LogP contribution >= 0.6 is 57.6 Å². The number of anilines is 2. The molecule has 2 aromatic carbocycles. The summed E-state index contributed by atoms with van der Waals surface area (Å²) in [5.41, 5.74) is 18.0. The summed E-state index contributed by atoms with van der Waals surface area (Å²) < 4.78 is 2.36. The summed E-state index contributed by atoms with van der Waals surface area (Å²) in [6.45, 7) is 0. The van der Waals surface area contributed by atoms with Crippen LogP contribution in [0.25, 0.3) is 22.3 Å². The highest BCUT2D eigenvalue weighted by atomic mass is 35.5. The summed E-state index contributed by atoms with van der Waals surface area (Å²) >= 11 is 17.2. The topological polar surface area (TPSA) is 52.0 Å². The average molecular weight is 449 g/mol. The number of benzene rings is 2. The lowest BCUT2D eigenvalue weighted by atomic mass is 10.1. The zero-order chi connectivity index (χ0) is 19.0. The maximum atomic E-state index is 6.19. The molecule has 7 heteroatoms. The first kappa shape index (κ1) is 18.7. The third kappa shape index (κ3) is 3.84. The highest BCUT2D eigenvalue weighted by molar-refractivity contribution is 8.03. The molecular formula is C20H14Cl2N2S3. The van der Waals surface area contributed by atoms with Crippen LogP contribution in [0.5, 0.6) is 0 Å². The summed E-state index contributed by atoms with van der Waals surface area (Å²) in [6, 6.07) is 15.4. The van der Waals surface area contributed by atoms with E-state index in [9.17, 15) is 0 Å². The van der Waals surface area contributed by atoms with Gasteiger partial charge in [0.05, 0.1) is 8.42 Å². The van der Waals surface area contributed by atoms with E-state index in [2.05, 4.69) is 22.9 Å². The molecule has 0 atom stereocenters. The Labute approximate surface area is 179 Å². The van der Waals surface area contributed by atoms with Crippen molar-refractivity contribution in [1.29, 1.82) is 0 Å². The number of hydrogen-bond acceptors (Lipinski definition) is 5. The fraction of sp³-hybridized carbons (Fsp3) is 0. The SMILES string of the molecule is Nc1cc(Cl)ccc1-c1ccsc1Sc1sccc1-c1ccc(Cl)cc1N. The van der Waals surface area contributed by atoms with Gasteiger partial charge in [0.15, 0.2) is 0 Å². The standard InChI is InChI=1S/C20H14Cl2N2S3/c21-11-1-3-13(17(23)9-11)15-5-7-25-19(15)27-20-16(6-8-26-20)14-4-2-12(22)10-18(14)24/h1-10H,23-24H2. The van der Waals surface area contributed by atoms with Crippen molar-refractivity contribution in [2.24, 2.45) is 0 Å². The van der Waals surface area contributed by atoms with Gasteiger partial charge in [0.1, 0.15) is 0 Å². The van der Waals surface area contributed by atoms with E-state index in [0.717, 1.165) is 22.3 Å². The molecule has 4 aromatic rings. The molecule has 0 aliphatic heterocycles. The Kier molecular flexibility index (Phi) is 5.39. The van der Waals surface area contributed by atoms with Gasteiger partial charge in [0.2, 0.25) is 0 Å². The van der Waals surface area contributed by atoms with Gasteiger partial charge in [-0.25, -0.2) is 0 Å². The van der Waals surface area contributed by atoms with Crippen molar-refractivity contribution >= 4 is 69.0 Å². The Balaban J connectivity index is 1.72. The number of nitrogens with two attached hydrogens (primary N) is 2. The fourth-order valence-electron chi connectivity index (χ4n) is 2.79. The molecule has 2 nitrogen and oxygen atoms in total. The molecule has 4 N–H and O–H groups in total. The second kappa shape index (κ2) is 7.78. The average Bonchev–Trinajstić information content (AvgIpc) is 3.25. The van der Waals surface area contributed by atoms with E-state index in [1.165, 1.54) is 8.42 Å². The molecular weight excluding hydrogens is 435 g/mol. The van der Waals surface area contributed by atoms with Gasteiger partial charge in [0, 0.05) is 43.7 Å². The Morgan fingerprint density at radius 1 is 0.630 bits per heavy atom. The highest BCUT2D eigenvalue weighted by Gasteiger charge is 2.16. The van der Waals surface area contributed by atoms with E-state index < -0.39 is 0 Å².